The van der Waals surface area contributed by atoms with Gasteiger partial charge in [-0.05, 0) is 83.5 Å². The van der Waals surface area contributed by atoms with Gasteiger partial charge in [0.15, 0.2) is 6.10 Å². The Morgan fingerprint density at radius 2 is 0.851 bits per heavy atom. The molecule has 9 nitrogen and oxygen atoms in total. The fraction of sp³-hybridized carbons (Fsp3) is 0.754. The minimum Gasteiger partial charge on any atom is -0.462 e. The fourth-order valence-electron chi connectivity index (χ4n) is 7.27. The van der Waals surface area contributed by atoms with E-state index in [4.69, 9.17) is 18.5 Å². The van der Waals surface area contributed by atoms with Gasteiger partial charge in [0.25, 0.3) is 0 Å². The molecule has 0 aromatic carbocycles. The number of hydrogen-bond acceptors (Lipinski definition) is 7. The molecule has 10 heteroatoms. The van der Waals surface area contributed by atoms with Crippen molar-refractivity contribution in [3.05, 3.63) is 72.9 Å². The van der Waals surface area contributed by atoms with Crippen LogP contribution in [0.1, 0.15) is 226 Å². The van der Waals surface area contributed by atoms with Gasteiger partial charge in [-0.25, -0.2) is 4.57 Å². The van der Waals surface area contributed by atoms with Crippen molar-refractivity contribution < 1.29 is 42.1 Å². The molecule has 0 saturated heterocycles. The molecule has 0 saturated carbocycles. The molecule has 0 aromatic heterocycles. The third-order valence-corrected chi connectivity index (χ3v) is 12.5. The topological polar surface area (TPSA) is 108 Å². The number of nitrogens with zero attached hydrogens (tertiary/aromatic N) is 1. The van der Waals surface area contributed by atoms with Crippen molar-refractivity contribution in [2.24, 2.45) is 0 Å². The smallest absolute Gasteiger partial charge is 0.462 e. The van der Waals surface area contributed by atoms with Gasteiger partial charge in [0.05, 0.1) is 27.7 Å². The van der Waals surface area contributed by atoms with Gasteiger partial charge in [0.2, 0.25) is 0 Å². The first-order chi connectivity index (χ1) is 32.5. The van der Waals surface area contributed by atoms with Gasteiger partial charge in [-0.2, -0.15) is 0 Å². The quantitative estimate of drug-likeness (QED) is 0.0211. The van der Waals surface area contributed by atoms with Crippen molar-refractivity contribution >= 4 is 19.8 Å². The summed E-state index contributed by atoms with van der Waals surface area (Å²) in [5, 5.41) is 0. The standard InChI is InChI=1S/C57H102NO8P/c1-6-8-10-12-14-16-18-20-22-24-25-26-27-28-29-30-31-32-33-34-36-38-40-42-44-46-48-50-57(60)66-55(54-65-67(61,62)64-52-51-58(3,4)5)53-63-56(59)49-47-45-43-41-39-37-35-23-21-19-17-15-13-11-9-7-2/h8,10,14,16,20,22-23,25-26,28-29,35,55H,6-7,9,11-13,15,17-19,21,24,27,30-34,36-54H2,1-5H3/p+1/b10-8-,16-14-,22-20-,26-25-,29-28-,35-23-. The molecule has 2 atom stereocenters. The Balaban J connectivity index is 4.20. The summed E-state index contributed by atoms with van der Waals surface area (Å²) in [6.07, 6.45) is 62.4. The van der Waals surface area contributed by atoms with Crippen molar-refractivity contribution in [2.45, 2.75) is 232 Å². The van der Waals surface area contributed by atoms with Crippen LogP contribution in [0.5, 0.6) is 0 Å². The molecule has 67 heavy (non-hydrogen) atoms. The van der Waals surface area contributed by atoms with E-state index >= 15 is 0 Å². The first-order valence-electron chi connectivity index (χ1n) is 27.2. The second-order valence-electron chi connectivity index (χ2n) is 19.2. The number of carbonyl (C=O) groups is 2. The molecule has 0 amide bonds. The number of quaternary nitrogens is 1. The first-order valence-corrected chi connectivity index (χ1v) is 28.7. The highest BCUT2D eigenvalue weighted by atomic mass is 31.2. The fourth-order valence-corrected chi connectivity index (χ4v) is 8.01. The van der Waals surface area contributed by atoms with Crippen molar-refractivity contribution in [2.75, 3.05) is 47.5 Å². The Morgan fingerprint density at radius 1 is 0.478 bits per heavy atom. The maximum absolute atomic E-state index is 12.8. The summed E-state index contributed by atoms with van der Waals surface area (Å²) >= 11 is 0. The number of allylic oxidation sites excluding steroid dienone is 12. The van der Waals surface area contributed by atoms with Crippen molar-refractivity contribution in [3.63, 3.8) is 0 Å². The summed E-state index contributed by atoms with van der Waals surface area (Å²) in [5.74, 6) is -0.810. The summed E-state index contributed by atoms with van der Waals surface area (Å²) in [5.41, 5.74) is 0. The average Bonchev–Trinajstić information content (AvgIpc) is 3.29. The zero-order chi connectivity index (χ0) is 49.2. The van der Waals surface area contributed by atoms with Gasteiger partial charge in [0.1, 0.15) is 19.8 Å². The number of carbonyl (C=O) groups excluding carboxylic acids is 2. The van der Waals surface area contributed by atoms with E-state index in [1.165, 1.54) is 103 Å². The Bertz CT molecular complexity index is 1360. The van der Waals surface area contributed by atoms with E-state index < -0.39 is 26.5 Å². The van der Waals surface area contributed by atoms with Crippen LogP contribution in [0, 0.1) is 0 Å². The Kier molecular flexibility index (Phi) is 46.6. The number of esters is 2. The highest BCUT2D eigenvalue weighted by molar-refractivity contribution is 7.47. The van der Waals surface area contributed by atoms with Crippen LogP contribution in [-0.4, -0.2) is 74.9 Å². The van der Waals surface area contributed by atoms with E-state index in [1.807, 2.05) is 21.1 Å². The Labute approximate surface area is 412 Å². The van der Waals surface area contributed by atoms with Crippen LogP contribution in [0.4, 0.5) is 0 Å². The summed E-state index contributed by atoms with van der Waals surface area (Å²) < 4.78 is 34.5. The van der Waals surface area contributed by atoms with Crippen LogP contribution < -0.4 is 0 Å². The molecular formula is C57H103NO8P+. The number of phosphoric ester groups is 1. The summed E-state index contributed by atoms with van der Waals surface area (Å²) in [6.45, 7) is 4.31. The van der Waals surface area contributed by atoms with E-state index in [2.05, 4.69) is 86.8 Å². The number of ether oxygens (including phenoxy) is 2. The minimum atomic E-state index is -4.39. The molecule has 0 aliphatic rings. The van der Waals surface area contributed by atoms with Gasteiger partial charge in [-0.1, -0.05) is 202 Å². The highest BCUT2D eigenvalue weighted by Gasteiger charge is 2.27. The van der Waals surface area contributed by atoms with E-state index in [9.17, 15) is 19.0 Å². The van der Waals surface area contributed by atoms with Gasteiger partial charge in [-0.3, -0.25) is 18.6 Å². The molecule has 0 bridgehead atoms. The SMILES string of the molecule is CC/C=C\C/C=C\C/C=C\C/C=C\C/C=C\CCCCCCCCCCCCCC(=O)OC(COC(=O)CCCCCCC/C=C\CCCCCCCCC)COP(=O)(O)OCC[N+](C)(C)C. The average molecular weight is 961 g/mol. The van der Waals surface area contributed by atoms with Gasteiger partial charge in [0, 0.05) is 12.8 Å². The van der Waals surface area contributed by atoms with Crippen LogP contribution in [0.3, 0.4) is 0 Å². The number of likely N-dealkylation sites (N-methyl/N-ethyl adjacent to an activating group) is 1. The molecular weight excluding hydrogens is 858 g/mol. The Hall–Kier alpha value is -2.55. The van der Waals surface area contributed by atoms with Crippen LogP contribution in [-0.2, 0) is 32.7 Å². The molecule has 0 aliphatic carbocycles. The molecule has 1 N–H and O–H groups in total. The highest BCUT2D eigenvalue weighted by Crippen LogP contribution is 2.43. The van der Waals surface area contributed by atoms with Crippen molar-refractivity contribution in [1.29, 1.82) is 0 Å². The summed E-state index contributed by atoms with van der Waals surface area (Å²) in [7, 11) is 1.47. The lowest BCUT2D eigenvalue weighted by atomic mass is 10.0. The third kappa shape index (κ3) is 52.7. The number of unbranched alkanes of at least 4 members (excludes halogenated alkanes) is 23. The van der Waals surface area contributed by atoms with E-state index in [0.717, 1.165) is 89.9 Å². The predicted molar refractivity (Wildman–Crippen MR) is 284 cm³/mol. The van der Waals surface area contributed by atoms with Gasteiger partial charge >= 0.3 is 19.8 Å². The lowest BCUT2D eigenvalue weighted by Crippen LogP contribution is -2.37. The zero-order valence-electron chi connectivity index (χ0n) is 43.9. The van der Waals surface area contributed by atoms with E-state index in [1.54, 1.807) is 0 Å². The predicted octanol–water partition coefficient (Wildman–Crippen LogP) is 16.5. The van der Waals surface area contributed by atoms with Crippen molar-refractivity contribution in [1.82, 2.24) is 0 Å². The molecule has 0 spiro atoms. The largest absolute Gasteiger partial charge is 0.472 e. The lowest BCUT2D eigenvalue weighted by Gasteiger charge is -2.24. The number of phosphoric acid groups is 1. The van der Waals surface area contributed by atoms with E-state index in [-0.39, 0.29) is 32.0 Å². The summed E-state index contributed by atoms with van der Waals surface area (Å²) in [4.78, 5) is 35.6. The molecule has 0 aliphatic heterocycles. The van der Waals surface area contributed by atoms with E-state index in [0.29, 0.717) is 17.4 Å². The first kappa shape index (κ1) is 64.5. The van der Waals surface area contributed by atoms with Crippen LogP contribution >= 0.6 is 7.82 Å². The lowest BCUT2D eigenvalue weighted by molar-refractivity contribution is -0.870. The van der Waals surface area contributed by atoms with Gasteiger partial charge in [-0.15, -0.1) is 0 Å². The molecule has 2 unspecified atom stereocenters. The monoisotopic (exact) mass is 961 g/mol. The molecule has 0 aromatic rings. The second kappa shape index (κ2) is 48.5. The van der Waals surface area contributed by atoms with Crippen LogP contribution in [0.2, 0.25) is 0 Å². The second-order valence-corrected chi connectivity index (χ2v) is 20.7. The number of rotatable bonds is 49. The maximum Gasteiger partial charge on any atom is 0.472 e. The molecule has 0 radical (unpaired) electrons. The normalized spacial score (nSPS) is 13.9. The molecule has 388 valence electrons. The number of hydrogen-bond donors (Lipinski definition) is 1. The molecule has 0 rings (SSSR count). The zero-order valence-corrected chi connectivity index (χ0v) is 44.8. The third-order valence-electron chi connectivity index (χ3n) is 11.5. The Morgan fingerprint density at radius 3 is 1.28 bits per heavy atom. The van der Waals surface area contributed by atoms with Crippen LogP contribution in [0.15, 0.2) is 72.9 Å². The molecule has 0 heterocycles. The van der Waals surface area contributed by atoms with Gasteiger partial charge < -0.3 is 18.9 Å². The van der Waals surface area contributed by atoms with Crippen molar-refractivity contribution in [3.8, 4) is 0 Å². The maximum atomic E-state index is 12.8. The molecule has 0 fully saturated rings. The van der Waals surface area contributed by atoms with Crippen LogP contribution in [0.25, 0.3) is 0 Å². The summed E-state index contributed by atoms with van der Waals surface area (Å²) in [6, 6.07) is 0. The minimum absolute atomic E-state index is 0.0275.